The maximum absolute atomic E-state index is 12.0. The van der Waals surface area contributed by atoms with Gasteiger partial charge >= 0.3 is 0 Å². The molecule has 0 aromatic carbocycles. The quantitative estimate of drug-likeness (QED) is 0.794. The molecule has 0 saturated heterocycles. The number of carbonyl (C=O) groups excluding carboxylic acids is 1. The standard InChI is InChI=1S/C12H19N5O2/c1-8-11-10(16(3)15-8)7-14-17(11)9(2)12(18)13-5-6-19-4/h7,9H,5-6H2,1-4H3,(H,13,18). The summed E-state index contributed by atoms with van der Waals surface area (Å²) in [5.41, 5.74) is 2.69. The van der Waals surface area contributed by atoms with Crippen molar-refractivity contribution in [1.29, 1.82) is 0 Å². The van der Waals surface area contributed by atoms with Gasteiger partial charge in [0, 0.05) is 20.7 Å². The third-order valence-corrected chi connectivity index (χ3v) is 3.12. The molecule has 2 aromatic heterocycles. The van der Waals surface area contributed by atoms with Gasteiger partial charge in [0.05, 0.1) is 18.5 Å². The molecule has 0 aliphatic rings. The van der Waals surface area contributed by atoms with Crippen LogP contribution in [0.2, 0.25) is 0 Å². The number of fused-ring (bicyclic) bond motifs is 1. The summed E-state index contributed by atoms with van der Waals surface area (Å²) >= 11 is 0. The van der Waals surface area contributed by atoms with Gasteiger partial charge in [-0.25, -0.2) is 4.68 Å². The van der Waals surface area contributed by atoms with E-state index in [4.69, 9.17) is 4.74 Å². The fourth-order valence-corrected chi connectivity index (χ4v) is 2.10. The zero-order valence-corrected chi connectivity index (χ0v) is 11.7. The van der Waals surface area contributed by atoms with Crippen LogP contribution in [0.15, 0.2) is 6.20 Å². The van der Waals surface area contributed by atoms with Crippen LogP contribution in [0.3, 0.4) is 0 Å². The van der Waals surface area contributed by atoms with Gasteiger partial charge in [0.25, 0.3) is 0 Å². The Morgan fingerprint density at radius 3 is 3.00 bits per heavy atom. The molecule has 7 nitrogen and oxygen atoms in total. The van der Waals surface area contributed by atoms with Crippen molar-refractivity contribution in [2.75, 3.05) is 20.3 Å². The van der Waals surface area contributed by atoms with E-state index in [9.17, 15) is 4.79 Å². The van der Waals surface area contributed by atoms with Crippen molar-refractivity contribution >= 4 is 16.9 Å². The molecule has 104 valence electrons. The molecular weight excluding hydrogens is 246 g/mol. The van der Waals surface area contributed by atoms with Crippen LogP contribution in [-0.2, 0) is 16.6 Å². The van der Waals surface area contributed by atoms with Crippen molar-refractivity contribution in [3.8, 4) is 0 Å². The lowest BCUT2D eigenvalue weighted by molar-refractivity contribution is -0.124. The number of nitrogens with zero attached hydrogens (tertiary/aromatic N) is 4. The van der Waals surface area contributed by atoms with Crippen molar-refractivity contribution in [1.82, 2.24) is 24.9 Å². The van der Waals surface area contributed by atoms with E-state index in [0.29, 0.717) is 13.2 Å². The molecule has 1 N–H and O–H groups in total. The minimum absolute atomic E-state index is 0.0784. The zero-order valence-electron chi connectivity index (χ0n) is 11.7. The number of carbonyl (C=O) groups is 1. The average Bonchev–Trinajstić information content (AvgIpc) is 2.92. The molecule has 0 spiro atoms. The Kier molecular flexibility index (Phi) is 3.84. The fourth-order valence-electron chi connectivity index (χ4n) is 2.10. The lowest BCUT2D eigenvalue weighted by Crippen LogP contribution is -2.33. The first-order valence-corrected chi connectivity index (χ1v) is 6.19. The van der Waals surface area contributed by atoms with Crippen molar-refractivity contribution in [3.63, 3.8) is 0 Å². The second kappa shape index (κ2) is 5.40. The molecule has 0 aliphatic heterocycles. The minimum Gasteiger partial charge on any atom is -0.383 e. The smallest absolute Gasteiger partial charge is 0.244 e. The van der Waals surface area contributed by atoms with Gasteiger partial charge < -0.3 is 10.1 Å². The summed E-state index contributed by atoms with van der Waals surface area (Å²) in [6, 6.07) is -0.378. The predicted molar refractivity (Wildman–Crippen MR) is 70.8 cm³/mol. The van der Waals surface area contributed by atoms with Crippen LogP contribution in [0.1, 0.15) is 18.7 Å². The number of amides is 1. The Balaban J connectivity index is 2.21. The number of rotatable bonds is 5. The Bertz CT molecular complexity index is 586. The Morgan fingerprint density at radius 1 is 1.58 bits per heavy atom. The number of nitrogens with one attached hydrogen (secondary N) is 1. The van der Waals surface area contributed by atoms with E-state index in [-0.39, 0.29) is 11.9 Å². The number of hydrogen-bond acceptors (Lipinski definition) is 4. The van der Waals surface area contributed by atoms with Crippen molar-refractivity contribution < 1.29 is 9.53 Å². The summed E-state index contributed by atoms with van der Waals surface area (Å²) in [6.07, 6.45) is 1.73. The van der Waals surface area contributed by atoms with Crippen LogP contribution in [0.5, 0.6) is 0 Å². The highest BCUT2D eigenvalue weighted by molar-refractivity contribution is 5.84. The SMILES string of the molecule is COCCNC(=O)C(C)n1ncc2c1c(C)nn2C. The lowest BCUT2D eigenvalue weighted by atomic mass is 10.3. The van der Waals surface area contributed by atoms with Crippen molar-refractivity contribution in [3.05, 3.63) is 11.9 Å². The first-order valence-electron chi connectivity index (χ1n) is 6.19. The molecule has 2 heterocycles. The van der Waals surface area contributed by atoms with Crippen molar-refractivity contribution in [2.24, 2.45) is 7.05 Å². The fraction of sp³-hybridized carbons (Fsp3) is 0.583. The molecule has 2 rings (SSSR count). The summed E-state index contributed by atoms with van der Waals surface area (Å²) < 4.78 is 8.38. The highest BCUT2D eigenvalue weighted by atomic mass is 16.5. The second-order valence-electron chi connectivity index (χ2n) is 4.49. The molecule has 19 heavy (non-hydrogen) atoms. The number of aryl methyl sites for hydroxylation is 2. The molecular formula is C12H19N5O2. The highest BCUT2D eigenvalue weighted by Gasteiger charge is 2.20. The van der Waals surface area contributed by atoms with Crippen LogP contribution < -0.4 is 5.32 Å². The molecule has 7 heteroatoms. The Morgan fingerprint density at radius 2 is 2.32 bits per heavy atom. The minimum atomic E-state index is -0.378. The van der Waals surface area contributed by atoms with Gasteiger partial charge in [0.15, 0.2) is 0 Å². The van der Waals surface area contributed by atoms with E-state index in [1.54, 1.807) is 22.7 Å². The molecule has 2 aromatic rings. The van der Waals surface area contributed by atoms with Gasteiger partial charge in [-0.2, -0.15) is 10.2 Å². The molecule has 0 fully saturated rings. The number of hydrogen-bond donors (Lipinski definition) is 1. The highest BCUT2D eigenvalue weighted by Crippen LogP contribution is 2.20. The molecule has 1 unspecified atom stereocenters. The lowest BCUT2D eigenvalue weighted by Gasteiger charge is -2.13. The van der Waals surface area contributed by atoms with Crippen LogP contribution >= 0.6 is 0 Å². The maximum atomic E-state index is 12.0. The second-order valence-corrected chi connectivity index (χ2v) is 4.49. The third kappa shape index (κ3) is 2.46. The summed E-state index contributed by atoms with van der Waals surface area (Å²) in [7, 11) is 3.47. The summed E-state index contributed by atoms with van der Waals surface area (Å²) in [6.45, 7) is 4.73. The van der Waals surface area contributed by atoms with Gasteiger partial charge in [0.2, 0.25) is 5.91 Å². The Hall–Kier alpha value is -1.89. The van der Waals surface area contributed by atoms with E-state index >= 15 is 0 Å². The number of ether oxygens (including phenoxy) is 1. The third-order valence-electron chi connectivity index (χ3n) is 3.12. The summed E-state index contributed by atoms with van der Waals surface area (Å²) in [5.74, 6) is -0.0784. The van der Waals surface area contributed by atoms with Gasteiger partial charge in [-0.1, -0.05) is 0 Å². The van der Waals surface area contributed by atoms with Crippen molar-refractivity contribution in [2.45, 2.75) is 19.9 Å². The maximum Gasteiger partial charge on any atom is 0.244 e. The first-order chi connectivity index (χ1) is 9.06. The van der Waals surface area contributed by atoms with Crippen LogP contribution in [0, 0.1) is 6.92 Å². The van der Waals surface area contributed by atoms with E-state index in [2.05, 4.69) is 15.5 Å². The summed E-state index contributed by atoms with van der Waals surface area (Å²) in [4.78, 5) is 12.0. The first kappa shape index (κ1) is 13.5. The molecule has 0 aliphatic carbocycles. The van der Waals surface area contributed by atoms with Crippen LogP contribution in [0.25, 0.3) is 11.0 Å². The van der Waals surface area contributed by atoms with Gasteiger partial charge in [-0.15, -0.1) is 0 Å². The largest absolute Gasteiger partial charge is 0.383 e. The van der Waals surface area contributed by atoms with Gasteiger partial charge in [0.1, 0.15) is 17.1 Å². The predicted octanol–water partition coefficient (Wildman–Crippen LogP) is 0.402. The number of aromatic nitrogens is 4. The Labute approximate surface area is 111 Å². The topological polar surface area (TPSA) is 74.0 Å². The molecule has 0 radical (unpaired) electrons. The molecule has 1 amide bonds. The summed E-state index contributed by atoms with van der Waals surface area (Å²) in [5, 5.41) is 11.4. The van der Waals surface area contributed by atoms with Crippen LogP contribution in [-0.4, -0.2) is 45.7 Å². The zero-order chi connectivity index (χ0) is 14.0. The number of methoxy groups -OCH3 is 1. The normalized spacial score (nSPS) is 12.8. The monoisotopic (exact) mass is 265 g/mol. The van der Waals surface area contributed by atoms with Crippen LogP contribution in [0.4, 0.5) is 0 Å². The van der Waals surface area contributed by atoms with E-state index in [1.807, 2.05) is 20.9 Å². The van der Waals surface area contributed by atoms with E-state index < -0.39 is 0 Å². The average molecular weight is 265 g/mol. The van der Waals surface area contributed by atoms with Gasteiger partial charge in [-0.05, 0) is 13.8 Å². The van der Waals surface area contributed by atoms with E-state index in [0.717, 1.165) is 16.7 Å². The van der Waals surface area contributed by atoms with Gasteiger partial charge in [-0.3, -0.25) is 9.48 Å². The molecule has 0 bridgehead atoms. The van der Waals surface area contributed by atoms with E-state index in [1.165, 1.54) is 0 Å². The molecule has 0 saturated carbocycles. The molecule has 1 atom stereocenters.